The van der Waals surface area contributed by atoms with E-state index in [1.165, 1.54) is 12.8 Å². The summed E-state index contributed by atoms with van der Waals surface area (Å²) < 4.78 is 4.17. The second-order valence-corrected chi connectivity index (χ2v) is 7.42. The first-order valence-corrected chi connectivity index (χ1v) is 9.03. The van der Waals surface area contributed by atoms with Gasteiger partial charge in [-0.2, -0.15) is 0 Å². The van der Waals surface area contributed by atoms with E-state index in [1.807, 2.05) is 12.1 Å². The van der Waals surface area contributed by atoms with Crippen molar-refractivity contribution in [3.05, 3.63) is 38.3 Å². The van der Waals surface area contributed by atoms with Gasteiger partial charge in [-0.05, 0) is 53.4 Å². The highest BCUT2D eigenvalue weighted by molar-refractivity contribution is 9.11. The summed E-state index contributed by atoms with van der Waals surface area (Å²) in [5, 5.41) is 12.2. The van der Waals surface area contributed by atoms with Gasteiger partial charge in [0.15, 0.2) is 0 Å². The molecule has 3 rings (SSSR count). The second-order valence-electron chi connectivity index (χ2n) is 5.65. The Morgan fingerprint density at radius 1 is 1.32 bits per heavy atom. The standard InChI is InChI=1S/C15H19Br2N5/c1-9(15-21-20-13-4-2-3-5-22(13)15)19-8-10-6-11(16)7-12(17)14(10)18/h6-7,9,19H,2-5,8,18H2,1H3/t9-/m0/s1. The SMILES string of the molecule is C[C@H](NCc1cc(Br)cc(Br)c1N)c1nnc2n1CCCC2. The molecule has 2 heterocycles. The highest BCUT2D eigenvalue weighted by Gasteiger charge is 2.20. The van der Waals surface area contributed by atoms with Gasteiger partial charge in [-0.3, -0.25) is 0 Å². The van der Waals surface area contributed by atoms with E-state index in [0.717, 1.165) is 44.8 Å². The van der Waals surface area contributed by atoms with Crippen LogP contribution in [0, 0.1) is 0 Å². The lowest BCUT2D eigenvalue weighted by Crippen LogP contribution is -2.24. The predicted molar refractivity (Wildman–Crippen MR) is 94.5 cm³/mol. The molecular weight excluding hydrogens is 410 g/mol. The predicted octanol–water partition coefficient (Wildman–Crippen LogP) is 3.57. The molecule has 1 aromatic heterocycles. The van der Waals surface area contributed by atoms with Gasteiger partial charge in [-0.1, -0.05) is 15.9 Å². The van der Waals surface area contributed by atoms with Crippen molar-refractivity contribution < 1.29 is 0 Å². The van der Waals surface area contributed by atoms with Crippen molar-refractivity contribution >= 4 is 37.5 Å². The molecule has 1 aliphatic rings. The molecule has 0 saturated carbocycles. The van der Waals surface area contributed by atoms with Crippen molar-refractivity contribution in [1.29, 1.82) is 0 Å². The first-order valence-electron chi connectivity index (χ1n) is 7.45. The van der Waals surface area contributed by atoms with Crippen LogP contribution in [0.15, 0.2) is 21.1 Å². The van der Waals surface area contributed by atoms with Crippen LogP contribution in [-0.2, 0) is 19.5 Å². The van der Waals surface area contributed by atoms with Crippen LogP contribution in [0.4, 0.5) is 5.69 Å². The molecule has 0 bridgehead atoms. The normalized spacial score (nSPS) is 15.6. The van der Waals surface area contributed by atoms with Crippen molar-refractivity contribution in [3.8, 4) is 0 Å². The van der Waals surface area contributed by atoms with Gasteiger partial charge < -0.3 is 15.6 Å². The summed E-state index contributed by atoms with van der Waals surface area (Å²) in [5.74, 6) is 2.13. The van der Waals surface area contributed by atoms with Gasteiger partial charge in [0.2, 0.25) is 0 Å². The molecule has 1 atom stereocenters. The monoisotopic (exact) mass is 427 g/mol. The third-order valence-corrected chi connectivity index (χ3v) is 5.17. The number of nitrogens with one attached hydrogen (secondary N) is 1. The third kappa shape index (κ3) is 3.21. The molecule has 1 aromatic carbocycles. The van der Waals surface area contributed by atoms with Crippen LogP contribution >= 0.6 is 31.9 Å². The zero-order chi connectivity index (χ0) is 15.7. The Morgan fingerprint density at radius 3 is 2.95 bits per heavy atom. The molecule has 3 N–H and O–H groups in total. The maximum Gasteiger partial charge on any atom is 0.149 e. The second kappa shape index (κ2) is 6.68. The first-order chi connectivity index (χ1) is 10.6. The highest BCUT2D eigenvalue weighted by atomic mass is 79.9. The van der Waals surface area contributed by atoms with E-state index in [1.54, 1.807) is 0 Å². The zero-order valence-electron chi connectivity index (χ0n) is 12.4. The molecule has 0 radical (unpaired) electrons. The summed E-state index contributed by atoms with van der Waals surface area (Å²) in [6.07, 6.45) is 3.45. The highest BCUT2D eigenvalue weighted by Crippen LogP contribution is 2.28. The fourth-order valence-corrected chi connectivity index (χ4v) is 4.10. The van der Waals surface area contributed by atoms with E-state index in [9.17, 15) is 0 Å². The van der Waals surface area contributed by atoms with Crippen LogP contribution in [0.2, 0.25) is 0 Å². The Hall–Kier alpha value is -0.920. The zero-order valence-corrected chi connectivity index (χ0v) is 15.6. The molecule has 0 saturated heterocycles. The number of fused-ring (bicyclic) bond motifs is 1. The number of nitrogens with zero attached hydrogens (tertiary/aromatic N) is 3. The van der Waals surface area contributed by atoms with Crippen molar-refractivity contribution in [3.63, 3.8) is 0 Å². The first kappa shape index (κ1) is 16.0. The van der Waals surface area contributed by atoms with Crippen molar-refractivity contribution in [2.24, 2.45) is 0 Å². The fourth-order valence-electron chi connectivity index (χ4n) is 2.79. The van der Waals surface area contributed by atoms with E-state index in [2.05, 4.69) is 58.9 Å². The number of rotatable bonds is 4. The molecule has 118 valence electrons. The summed E-state index contributed by atoms with van der Waals surface area (Å²) >= 11 is 6.99. The van der Waals surface area contributed by atoms with Gasteiger partial charge in [-0.15, -0.1) is 10.2 Å². The average molecular weight is 429 g/mol. The van der Waals surface area contributed by atoms with Crippen LogP contribution < -0.4 is 11.1 Å². The number of hydrogen-bond acceptors (Lipinski definition) is 4. The Morgan fingerprint density at radius 2 is 2.14 bits per heavy atom. The van der Waals surface area contributed by atoms with E-state index in [0.29, 0.717) is 6.54 Å². The molecule has 0 amide bonds. The number of halogens is 2. The molecule has 22 heavy (non-hydrogen) atoms. The minimum atomic E-state index is 0.136. The number of anilines is 1. The van der Waals surface area contributed by atoms with E-state index >= 15 is 0 Å². The van der Waals surface area contributed by atoms with E-state index in [-0.39, 0.29) is 6.04 Å². The minimum absolute atomic E-state index is 0.136. The lowest BCUT2D eigenvalue weighted by molar-refractivity contribution is 0.465. The van der Waals surface area contributed by atoms with Crippen LogP contribution in [0.5, 0.6) is 0 Å². The molecular formula is C15H19Br2N5. The van der Waals surface area contributed by atoms with Crippen molar-refractivity contribution in [2.45, 2.75) is 45.3 Å². The Kier molecular flexibility index (Phi) is 4.84. The van der Waals surface area contributed by atoms with Crippen molar-refractivity contribution in [1.82, 2.24) is 20.1 Å². The summed E-state index contributed by atoms with van der Waals surface area (Å²) in [6, 6.07) is 4.13. The lowest BCUT2D eigenvalue weighted by Gasteiger charge is -2.19. The number of nitrogens with two attached hydrogens (primary N) is 1. The summed E-state index contributed by atoms with van der Waals surface area (Å²) in [7, 11) is 0. The van der Waals surface area contributed by atoms with Crippen LogP contribution in [0.25, 0.3) is 0 Å². The van der Waals surface area contributed by atoms with Gasteiger partial charge >= 0.3 is 0 Å². The minimum Gasteiger partial charge on any atom is -0.398 e. The largest absolute Gasteiger partial charge is 0.398 e. The maximum atomic E-state index is 6.13. The summed E-state index contributed by atoms with van der Waals surface area (Å²) in [6.45, 7) is 3.83. The fraction of sp³-hybridized carbons (Fsp3) is 0.467. The Bertz CT molecular complexity index is 683. The molecule has 0 spiro atoms. The average Bonchev–Trinajstić information content (AvgIpc) is 2.93. The van der Waals surface area contributed by atoms with Gasteiger partial charge in [0.05, 0.1) is 11.7 Å². The Balaban J connectivity index is 1.73. The molecule has 5 nitrogen and oxygen atoms in total. The smallest absolute Gasteiger partial charge is 0.149 e. The number of hydrogen-bond donors (Lipinski definition) is 2. The lowest BCUT2D eigenvalue weighted by atomic mass is 10.1. The number of aromatic nitrogens is 3. The summed E-state index contributed by atoms with van der Waals surface area (Å²) in [4.78, 5) is 0. The van der Waals surface area contributed by atoms with Crippen molar-refractivity contribution in [2.75, 3.05) is 5.73 Å². The van der Waals surface area contributed by atoms with Crippen LogP contribution in [0.1, 0.15) is 43.0 Å². The van der Waals surface area contributed by atoms with Gasteiger partial charge in [-0.25, -0.2) is 0 Å². The molecule has 7 heteroatoms. The number of nitrogen functional groups attached to an aromatic ring is 1. The Labute approximate surface area is 146 Å². The third-order valence-electron chi connectivity index (χ3n) is 4.05. The maximum absolute atomic E-state index is 6.13. The van der Waals surface area contributed by atoms with Crippen LogP contribution in [0.3, 0.4) is 0 Å². The quantitative estimate of drug-likeness (QED) is 0.730. The van der Waals surface area contributed by atoms with E-state index in [4.69, 9.17) is 5.73 Å². The topological polar surface area (TPSA) is 68.8 Å². The number of aryl methyl sites for hydroxylation is 1. The number of benzene rings is 1. The molecule has 1 aliphatic heterocycles. The van der Waals surface area contributed by atoms with Gasteiger partial charge in [0, 0.05) is 28.5 Å². The molecule has 0 fully saturated rings. The molecule has 2 aromatic rings. The van der Waals surface area contributed by atoms with Gasteiger partial charge in [0.25, 0.3) is 0 Å². The van der Waals surface area contributed by atoms with Gasteiger partial charge in [0.1, 0.15) is 11.6 Å². The van der Waals surface area contributed by atoms with E-state index < -0.39 is 0 Å². The molecule has 0 unspecified atom stereocenters. The summed E-state index contributed by atoms with van der Waals surface area (Å²) in [5.41, 5.74) is 7.96. The van der Waals surface area contributed by atoms with Crippen LogP contribution in [-0.4, -0.2) is 14.8 Å². The molecule has 0 aliphatic carbocycles.